The third-order valence-electron chi connectivity index (χ3n) is 3.13. The summed E-state index contributed by atoms with van der Waals surface area (Å²) in [6.45, 7) is 0. The molecule has 0 fully saturated rings. The van der Waals surface area contributed by atoms with Gasteiger partial charge in [-0.3, -0.25) is 0 Å². The van der Waals surface area contributed by atoms with Crippen molar-refractivity contribution < 1.29 is 8.42 Å². The molecule has 3 aromatic rings. The van der Waals surface area contributed by atoms with Crippen molar-refractivity contribution >= 4 is 50.2 Å². The van der Waals surface area contributed by atoms with Crippen molar-refractivity contribution in [2.75, 3.05) is 12.0 Å². The molecule has 7 nitrogen and oxygen atoms in total. The van der Waals surface area contributed by atoms with Gasteiger partial charge in [-0.15, -0.1) is 16.9 Å². The van der Waals surface area contributed by atoms with Crippen LogP contribution in [-0.4, -0.2) is 35.1 Å². The topological polar surface area (TPSA) is 115 Å². The number of benzene rings is 1. The van der Waals surface area contributed by atoms with Gasteiger partial charge in [0, 0.05) is 21.9 Å². The van der Waals surface area contributed by atoms with Crippen LogP contribution in [0.1, 0.15) is 5.56 Å². The molecule has 0 bridgehead atoms. The average Bonchev–Trinajstić information content (AvgIpc) is 2.92. The Morgan fingerprint density at radius 1 is 1.39 bits per heavy atom. The minimum atomic E-state index is -3.37. The number of nitrogen functional groups attached to an aromatic ring is 1. The van der Waals surface area contributed by atoms with Crippen LogP contribution in [0.5, 0.6) is 0 Å². The van der Waals surface area contributed by atoms with Crippen LogP contribution in [0.2, 0.25) is 5.02 Å². The number of halogens is 1. The van der Waals surface area contributed by atoms with Gasteiger partial charge in [-0.05, 0) is 23.8 Å². The van der Waals surface area contributed by atoms with Crippen molar-refractivity contribution in [3.8, 4) is 0 Å². The molecule has 3 rings (SSSR count). The number of sulfone groups is 1. The smallest absolute Gasteiger partial charge is 0.179 e. The number of nitrogens with one attached hydrogen (secondary N) is 1. The number of anilines is 1. The number of nitrogens with two attached hydrogens (primary N) is 1. The first-order chi connectivity index (χ1) is 10.9. The minimum absolute atomic E-state index is 0.218. The van der Waals surface area contributed by atoms with E-state index in [1.807, 2.05) is 0 Å². The quantitative estimate of drug-likeness (QED) is 0.678. The van der Waals surface area contributed by atoms with E-state index in [-0.39, 0.29) is 4.90 Å². The van der Waals surface area contributed by atoms with E-state index in [1.54, 1.807) is 24.3 Å². The summed E-state index contributed by atoms with van der Waals surface area (Å²) in [5.41, 5.74) is 7.37. The Balaban J connectivity index is 1.99. The van der Waals surface area contributed by atoms with Crippen molar-refractivity contribution in [2.45, 2.75) is 15.5 Å². The highest BCUT2D eigenvalue weighted by molar-refractivity contribution is 7.98. The van der Waals surface area contributed by atoms with Crippen LogP contribution in [0, 0.1) is 0 Å². The number of thioether (sulfide) groups is 1. The van der Waals surface area contributed by atoms with E-state index < -0.39 is 9.84 Å². The van der Waals surface area contributed by atoms with E-state index in [9.17, 15) is 8.42 Å². The third-order valence-corrected chi connectivity index (χ3v) is 5.72. The van der Waals surface area contributed by atoms with E-state index in [0.29, 0.717) is 33.3 Å². The molecule has 0 radical (unpaired) electrons. The van der Waals surface area contributed by atoms with Crippen molar-refractivity contribution in [1.82, 2.24) is 20.4 Å². The lowest BCUT2D eigenvalue weighted by molar-refractivity contribution is 0.601. The van der Waals surface area contributed by atoms with E-state index in [1.165, 1.54) is 11.8 Å². The number of aromatic nitrogens is 4. The van der Waals surface area contributed by atoms with Crippen LogP contribution in [0.4, 0.5) is 5.82 Å². The maximum absolute atomic E-state index is 11.9. The number of rotatable bonds is 4. The maximum atomic E-state index is 11.9. The largest absolute Gasteiger partial charge is 0.384 e. The van der Waals surface area contributed by atoms with Crippen molar-refractivity contribution in [1.29, 1.82) is 0 Å². The zero-order valence-electron chi connectivity index (χ0n) is 11.9. The first-order valence-corrected chi connectivity index (χ1v) is 9.69. The molecule has 3 N–H and O–H groups in total. The number of pyridine rings is 1. The molecule has 2 aromatic heterocycles. The van der Waals surface area contributed by atoms with Gasteiger partial charge in [0.15, 0.2) is 15.5 Å². The molecule has 0 saturated carbocycles. The fourth-order valence-corrected chi connectivity index (χ4v) is 4.63. The summed E-state index contributed by atoms with van der Waals surface area (Å²) in [4.78, 5) is 5.06. The van der Waals surface area contributed by atoms with Crippen LogP contribution < -0.4 is 5.73 Å². The zero-order valence-corrected chi connectivity index (χ0v) is 14.3. The van der Waals surface area contributed by atoms with Gasteiger partial charge in [-0.2, -0.15) is 0 Å². The zero-order chi connectivity index (χ0) is 16.6. The molecule has 0 amide bonds. The summed E-state index contributed by atoms with van der Waals surface area (Å²) in [7, 11) is -3.37. The van der Waals surface area contributed by atoms with E-state index >= 15 is 0 Å². The molecule has 23 heavy (non-hydrogen) atoms. The van der Waals surface area contributed by atoms with Gasteiger partial charge in [0.2, 0.25) is 0 Å². The van der Waals surface area contributed by atoms with Crippen molar-refractivity contribution in [3.63, 3.8) is 0 Å². The number of hydrogen-bond donors (Lipinski definition) is 2. The van der Waals surface area contributed by atoms with Crippen molar-refractivity contribution in [2.24, 2.45) is 0 Å². The highest BCUT2D eigenvalue weighted by Crippen LogP contribution is 2.33. The molecule has 1 aromatic carbocycles. The highest BCUT2D eigenvalue weighted by Gasteiger charge is 2.17. The Morgan fingerprint density at radius 3 is 2.91 bits per heavy atom. The predicted molar refractivity (Wildman–Crippen MR) is 90.2 cm³/mol. The third kappa shape index (κ3) is 3.26. The molecular weight excluding hydrogens is 358 g/mol. The summed E-state index contributed by atoms with van der Waals surface area (Å²) in [6.07, 6.45) is 1.16. The highest BCUT2D eigenvalue weighted by atomic mass is 35.5. The molecule has 0 unspecified atom stereocenters. The Hall–Kier alpha value is -1.84. The van der Waals surface area contributed by atoms with E-state index in [2.05, 4.69) is 20.4 Å². The van der Waals surface area contributed by atoms with E-state index in [0.717, 1.165) is 11.2 Å². The lowest BCUT2D eigenvalue weighted by Gasteiger charge is -2.10. The summed E-state index contributed by atoms with van der Waals surface area (Å²) in [5, 5.41) is 10.7. The normalized spacial score (nSPS) is 11.9. The molecule has 2 heterocycles. The molecule has 120 valence electrons. The monoisotopic (exact) mass is 369 g/mol. The van der Waals surface area contributed by atoms with Gasteiger partial charge < -0.3 is 5.73 Å². The van der Waals surface area contributed by atoms with Crippen LogP contribution in [0.25, 0.3) is 11.2 Å². The number of nitrogens with zero attached hydrogens (tertiary/aromatic N) is 3. The van der Waals surface area contributed by atoms with Crippen LogP contribution >= 0.6 is 23.4 Å². The minimum Gasteiger partial charge on any atom is -0.384 e. The van der Waals surface area contributed by atoms with Gasteiger partial charge in [0.25, 0.3) is 0 Å². The Kier molecular flexibility index (Phi) is 4.17. The molecular formula is C13H12ClN5O2S2. The fraction of sp³-hybridized carbons (Fsp3) is 0.154. The molecule has 0 aliphatic carbocycles. The number of fused-ring (bicyclic) bond motifs is 1. The average molecular weight is 370 g/mol. The summed E-state index contributed by atoms with van der Waals surface area (Å²) in [5.74, 6) is 0.682. The van der Waals surface area contributed by atoms with Crippen LogP contribution in [0.15, 0.2) is 34.1 Å². The van der Waals surface area contributed by atoms with Crippen molar-refractivity contribution in [3.05, 3.63) is 34.9 Å². The fourth-order valence-electron chi connectivity index (χ4n) is 2.12. The predicted octanol–water partition coefficient (Wildman–Crippen LogP) is 2.28. The lowest BCUT2D eigenvalue weighted by Crippen LogP contribution is -2.02. The van der Waals surface area contributed by atoms with Gasteiger partial charge in [0.05, 0.1) is 4.90 Å². The summed E-state index contributed by atoms with van der Waals surface area (Å²) < 4.78 is 23.8. The Labute approximate surface area is 141 Å². The second-order valence-corrected chi connectivity index (χ2v) is 8.24. The molecule has 0 aliphatic heterocycles. The Bertz CT molecular complexity index is 987. The van der Waals surface area contributed by atoms with Crippen LogP contribution in [0.3, 0.4) is 0 Å². The number of aromatic amines is 1. The molecule has 0 atom stereocenters. The standard InChI is InChI=1S/C13H12ClN5O2S2/c1-23(20,21)10-4-2-3-8(14)7(10)6-22-9-5-11(15)16-13-12(9)17-19-18-13/h2-5H,6H2,1H3,(H3,15,16,17,18,19). The lowest BCUT2D eigenvalue weighted by atomic mass is 10.2. The molecule has 0 saturated heterocycles. The van der Waals surface area contributed by atoms with E-state index in [4.69, 9.17) is 17.3 Å². The number of H-pyrrole nitrogens is 1. The van der Waals surface area contributed by atoms with Gasteiger partial charge >= 0.3 is 0 Å². The van der Waals surface area contributed by atoms with Gasteiger partial charge in [-0.25, -0.2) is 18.5 Å². The van der Waals surface area contributed by atoms with Gasteiger partial charge in [0.1, 0.15) is 11.3 Å². The molecule has 0 aliphatic rings. The summed E-state index contributed by atoms with van der Waals surface area (Å²) in [6, 6.07) is 6.50. The maximum Gasteiger partial charge on any atom is 0.179 e. The Morgan fingerprint density at radius 2 is 2.17 bits per heavy atom. The second kappa shape index (κ2) is 5.99. The molecule has 0 spiro atoms. The first kappa shape index (κ1) is 16.0. The second-order valence-electron chi connectivity index (χ2n) is 4.83. The summed E-state index contributed by atoms with van der Waals surface area (Å²) >= 11 is 7.56. The number of hydrogen-bond acceptors (Lipinski definition) is 7. The molecule has 10 heteroatoms. The first-order valence-electron chi connectivity index (χ1n) is 6.44. The van der Waals surface area contributed by atoms with Gasteiger partial charge in [-0.1, -0.05) is 22.9 Å². The SMILES string of the molecule is CS(=O)(=O)c1cccc(Cl)c1CSc1cc(N)nc2[nH]nnc12. The van der Waals surface area contributed by atoms with Crippen LogP contribution in [-0.2, 0) is 15.6 Å².